The summed E-state index contributed by atoms with van der Waals surface area (Å²) in [4.78, 5) is 38.3. The molecule has 4 rings (SSSR count). The molecular formula is C27H31ClN2O5S. The molecule has 0 aliphatic carbocycles. The number of carbonyl (C=O) groups is 3. The summed E-state index contributed by atoms with van der Waals surface area (Å²) in [5.74, 6) is -0.341. The summed E-state index contributed by atoms with van der Waals surface area (Å²) in [6, 6.07) is 9.44. The number of unbranched alkanes of at least 4 members (excludes halogenated alkanes) is 1. The summed E-state index contributed by atoms with van der Waals surface area (Å²) in [6.45, 7) is 2.55. The van der Waals surface area contributed by atoms with E-state index >= 15 is 0 Å². The Balaban J connectivity index is 1.34. The molecule has 192 valence electrons. The van der Waals surface area contributed by atoms with Gasteiger partial charge in [-0.2, -0.15) is 0 Å². The molecule has 0 fully saturated rings. The molecule has 1 amide bonds. The number of rotatable bonds is 10. The number of benzene rings is 2. The molecule has 0 radical (unpaired) electrons. The Bertz CT molecular complexity index is 1140. The molecule has 36 heavy (non-hydrogen) atoms. The summed E-state index contributed by atoms with van der Waals surface area (Å²) >= 11 is 8.35. The van der Waals surface area contributed by atoms with Gasteiger partial charge in [-0.1, -0.05) is 23.7 Å². The lowest BCUT2D eigenvalue weighted by Gasteiger charge is -2.30. The Labute approximate surface area is 220 Å². The molecule has 0 unspecified atom stereocenters. The number of anilines is 1. The molecule has 0 atom stereocenters. The second-order valence-electron chi connectivity index (χ2n) is 9.02. The first kappa shape index (κ1) is 26.5. The molecule has 0 bridgehead atoms. The predicted molar refractivity (Wildman–Crippen MR) is 141 cm³/mol. The number of ether oxygens (including phenoxy) is 1. The zero-order valence-corrected chi connectivity index (χ0v) is 21.8. The Morgan fingerprint density at radius 2 is 1.83 bits per heavy atom. The van der Waals surface area contributed by atoms with Gasteiger partial charge in [0.2, 0.25) is 5.91 Å². The van der Waals surface area contributed by atoms with Crippen molar-refractivity contribution >= 4 is 46.9 Å². The van der Waals surface area contributed by atoms with Gasteiger partial charge < -0.3 is 20.1 Å². The van der Waals surface area contributed by atoms with Crippen LogP contribution in [0.1, 0.15) is 48.8 Å². The number of carboxylic acid groups (broad SMARTS) is 1. The van der Waals surface area contributed by atoms with E-state index in [1.165, 1.54) is 16.0 Å². The molecule has 2 aliphatic heterocycles. The largest absolute Gasteiger partial charge is 0.481 e. The Morgan fingerprint density at radius 3 is 2.67 bits per heavy atom. The third-order valence-electron chi connectivity index (χ3n) is 6.49. The lowest BCUT2D eigenvalue weighted by molar-refractivity contribution is -0.142. The lowest BCUT2D eigenvalue weighted by Crippen LogP contribution is -2.36. The fourth-order valence-electron chi connectivity index (χ4n) is 4.63. The van der Waals surface area contributed by atoms with Crippen molar-refractivity contribution in [3.05, 3.63) is 52.0 Å². The highest BCUT2D eigenvalue weighted by Crippen LogP contribution is 2.35. The van der Waals surface area contributed by atoms with Crippen molar-refractivity contribution in [3.8, 4) is 5.75 Å². The van der Waals surface area contributed by atoms with Crippen LogP contribution in [0, 0.1) is 0 Å². The summed E-state index contributed by atoms with van der Waals surface area (Å²) < 4.78 is 5.31. The zero-order valence-electron chi connectivity index (χ0n) is 20.2. The van der Waals surface area contributed by atoms with Crippen molar-refractivity contribution < 1.29 is 24.2 Å². The number of nitrogens with zero attached hydrogens (tertiary/aromatic N) is 1. The van der Waals surface area contributed by atoms with Gasteiger partial charge in [0.05, 0.1) is 23.6 Å². The van der Waals surface area contributed by atoms with E-state index in [9.17, 15) is 14.4 Å². The average molecular weight is 531 g/mol. The van der Waals surface area contributed by atoms with E-state index in [2.05, 4.69) is 11.4 Å². The molecule has 2 N–H and O–H groups in total. The van der Waals surface area contributed by atoms with Crippen molar-refractivity contribution in [1.82, 2.24) is 5.32 Å². The van der Waals surface area contributed by atoms with E-state index in [0.29, 0.717) is 25.1 Å². The maximum absolute atomic E-state index is 12.7. The van der Waals surface area contributed by atoms with Crippen LogP contribution in [-0.2, 0) is 33.6 Å². The lowest BCUT2D eigenvalue weighted by atomic mass is 10.0. The number of aryl methyl sites for hydroxylation is 1. The van der Waals surface area contributed by atoms with Crippen LogP contribution in [0.5, 0.6) is 5.75 Å². The monoisotopic (exact) mass is 530 g/mol. The van der Waals surface area contributed by atoms with Crippen LogP contribution in [0.2, 0.25) is 5.02 Å². The summed E-state index contributed by atoms with van der Waals surface area (Å²) in [6.07, 6.45) is 4.42. The highest BCUT2D eigenvalue weighted by molar-refractivity contribution is 7.99. The van der Waals surface area contributed by atoms with E-state index in [-0.39, 0.29) is 18.7 Å². The van der Waals surface area contributed by atoms with Gasteiger partial charge >= 0.3 is 11.9 Å². The maximum atomic E-state index is 12.7. The number of hydrogen-bond acceptors (Lipinski definition) is 6. The molecule has 0 aromatic heterocycles. The first-order valence-corrected chi connectivity index (χ1v) is 13.8. The quantitative estimate of drug-likeness (QED) is 0.200. The SMILES string of the molecule is O=C(O)CCC(=O)Oc1ccc2c(c1)N(CCCCSc1c(Cl)ccc3c1CCNCC3)C(=O)CC2. The van der Waals surface area contributed by atoms with E-state index in [1.54, 1.807) is 28.8 Å². The molecule has 2 aliphatic rings. The smallest absolute Gasteiger partial charge is 0.311 e. The standard InChI is InChI=1S/C27H31ClN2O5S/c28-22-7-4-18-11-13-29-14-12-21(18)27(22)36-16-2-1-15-30-23-17-20(35-26(34)10-9-25(32)33)6-3-19(23)5-8-24(30)31/h3-4,6-7,17,29H,1-2,5,8-16H2,(H,32,33). The highest BCUT2D eigenvalue weighted by atomic mass is 35.5. The number of hydrogen-bond donors (Lipinski definition) is 2. The highest BCUT2D eigenvalue weighted by Gasteiger charge is 2.25. The van der Waals surface area contributed by atoms with E-state index in [1.807, 2.05) is 12.1 Å². The minimum atomic E-state index is -1.05. The number of esters is 1. The number of carbonyl (C=O) groups excluding carboxylic acids is 2. The Hall–Kier alpha value is -2.55. The number of carboxylic acids is 1. The van der Waals surface area contributed by atoms with Crippen molar-refractivity contribution in [1.29, 1.82) is 0 Å². The van der Waals surface area contributed by atoms with Gasteiger partial charge in [-0.3, -0.25) is 14.4 Å². The number of halogens is 1. The minimum absolute atomic E-state index is 0.0634. The van der Waals surface area contributed by atoms with Crippen LogP contribution in [0.25, 0.3) is 0 Å². The number of fused-ring (bicyclic) bond motifs is 2. The summed E-state index contributed by atoms with van der Waals surface area (Å²) in [7, 11) is 0. The number of amides is 1. The number of nitrogens with one attached hydrogen (secondary N) is 1. The van der Waals surface area contributed by atoms with Crippen LogP contribution in [0.3, 0.4) is 0 Å². The molecule has 2 aromatic carbocycles. The third kappa shape index (κ3) is 6.81. The van der Waals surface area contributed by atoms with E-state index in [0.717, 1.165) is 60.8 Å². The first-order chi connectivity index (χ1) is 17.4. The van der Waals surface area contributed by atoms with E-state index < -0.39 is 11.9 Å². The molecule has 0 saturated heterocycles. The van der Waals surface area contributed by atoms with Gasteiger partial charge in [-0.05, 0) is 79.8 Å². The minimum Gasteiger partial charge on any atom is -0.481 e. The number of aliphatic carboxylic acids is 1. The van der Waals surface area contributed by atoms with Crippen LogP contribution in [-0.4, -0.2) is 48.3 Å². The number of thioether (sulfide) groups is 1. The molecule has 0 spiro atoms. The van der Waals surface area contributed by atoms with Crippen molar-refractivity contribution in [2.45, 2.75) is 56.3 Å². The first-order valence-electron chi connectivity index (χ1n) is 12.4. The van der Waals surface area contributed by atoms with Gasteiger partial charge in [-0.25, -0.2) is 0 Å². The van der Waals surface area contributed by atoms with Crippen LogP contribution in [0.4, 0.5) is 5.69 Å². The second-order valence-corrected chi connectivity index (χ2v) is 10.5. The summed E-state index contributed by atoms with van der Waals surface area (Å²) in [5, 5.41) is 13.0. The van der Waals surface area contributed by atoms with E-state index in [4.69, 9.17) is 21.4 Å². The molecule has 2 aromatic rings. The maximum Gasteiger partial charge on any atom is 0.311 e. The third-order valence-corrected chi connectivity index (χ3v) is 8.16. The Kier molecular flexibility index (Phi) is 9.29. The molecular weight excluding hydrogens is 500 g/mol. The van der Waals surface area contributed by atoms with Gasteiger partial charge in [0, 0.05) is 23.9 Å². The van der Waals surface area contributed by atoms with Crippen LogP contribution < -0.4 is 15.0 Å². The Morgan fingerprint density at radius 1 is 1.03 bits per heavy atom. The fourth-order valence-corrected chi connectivity index (χ4v) is 6.14. The van der Waals surface area contributed by atoms with Crippen LogP contribution >= 0.6 is 23.4 Å². The zero-order chi connectivity index (χ0) is 25.5. The summed E-state index contributed by atoms with van der Waals surface area (Å²) in [5.41, 5.74) is 4.55. The average Bonchev–Trinajstić information content (AvgIpc) is 3.10. The molecule has 0 saturated carbocycles. The molecule has 7 nitrogen and oxygen atoms in total. The van der Waals surface area contributed by atoms with Crippen molar-refractivity contribution in [3.63, 3.8) is 0 Å². The normalized spacial score (nSPS) is 15.1. The van der Waals surface area contributed by atoms with Crippen LogP contribution in [0.15, 0.2) is 35.2 Å². The van der Waals surface area contributed by atoms with Crippen molar-refractivity contribution in [2.24, 2.45) is 0 Å². The second kappa shape index (κ2) is 12.6. The molecule has 2 heterocycles. The van der Waals surface area contributed by atoms with Gasteiger partial charge in [-0.15, -0.1) is 11.8 Å². The fraction of sp³-hybridized carbons (Fsp3) is 0.444. The van der Waals surface area contributed by atoms with Gasteiger partial charge in [0.1, 0.15) is 5.75 Å². The van der Waals surface area contributed by atoms with Gasteiger partial charge in [0.25, 0.3) is 0 Å². The predicted octanol–water partition coefficient (Wildman–Crippen LogP) is 4.65. The topological polar surface area (TPSA) is 95.9 Å². The van der Waals surface area contributed by atoms with Gasteiger partial charge in [0.15, 0.2) is 0 Å². The molecule has 9 heteroatoms. The van der Waals surface area contributed by atoms with Crippen molar-refractivity contribution in [2.75, 3.05) is 30.3 Å².